The molecule has 3 N–H and O–H groups in total. The van der Waals surface area contributed by atoms with Crippen LogP contribution in [0.3, 0.4) is 0 Å². The number of benzene rings is 6. The summed E-state index contributed by atoms with van der Waals surface area (Å²) in [6, 6.07) is 50.3. The number of aliphatic hydroxyl groups is 1. The number of rotatable bonds is 12. The molecule has 0 aliphatic carbocycles. The maximum atomic E-state index is 16.5. The molecular formula is C66H74N8O7Si. The first-order valence-corrected chi connectivity index (χ1v) is 32.4. The van der Waals surface area contributed by atoms with Crippen molar-refractivity contribution < 1.29 is 33.8 Å². The zero-order valence-electron chi connectivity index (χ0n) is 47.4. The van der Waals surface area contributed by atoms with Crippen LogP contribution in [0.1, 0.15) is 61.3 Å². The van der Waals surface area contributed by atoms with Crippen LogP contribution in [0.5, 0.6) is 5.75 Å². The number of methoxy groups -OCH3 is 1. The summed E-state index contributed by atoms with van der Waals surface area (Å²) < 4.78 is 13.3. The monoisotopic (exact) mass is 1120 g/mol. The van der Waals surface area contributed by atoms with Crippen LogP contribution in [0.15, 0.2) is 152 Å². The molecule has 0 unspecified atom stereocenters. The van der Waals surface area contributed by atoms with Gasteiger partial charge in [-0.05, 0) is 147 Å². The summed E-state index contributed by atoms with van der Waals surface area (Å²) in [5, 5.41) is 18.9. The highest BCUT2D eigenvalue weighted by Gasteiger charge is 2.67. The third-order valence-electron chi connectivity index (χ3n) is 19.8. The zero-order valence-corrected chi connectivity index (χ0v) is 48.4. The molecule has 5 fully saturated rings. The summed E-state index contributed by atoms with van der Waals surface area (Å²) in [6.45, 7) is 10.7. The van der Waals surface area contributed by atoms with E-state index in [4.69, 9.17) is 9.47 Å². The zero-order chi connectivity index (χ0) is 56.5. The third-order valence-corrected chi connectivity index (χ3v) is 24.2. The lowest BCUT2D eigenvalue weighted by Gasteiger charge is -2.39. The molecule has 0 saturated carbocycles. The molecular weight excluding hydrogens is 1040 g/mol. The number of nitrogens with zero attached hydrogens (tertiary/aromatic N) is 6. The summed E-state index contributed by atoms with van der Waals surface area (Å²) in [5.74, 6) is 0.00878. The van der Waals surface area contributed by atoms with Crippen molar-refractivity contribution in [3.63, 3.8) is 0 Å². The van der Waals surface area contributed by atoms with Gasteiger partial charge in [0.1, 0.15) is 16.8 Å². The molecule has 0 aromatic heterocycles. The molecule has 16 heteroatoms. The van der Waals surface area contributed by atoms with E-state index in [1.807, 2.05) is 123 Å². The highest BCUT2D eigenvalue weighted by atomic mass is 28.3. The van der Waals surface area contributed by atoms with Gasteiger partial charge in [0.25, 0.3) is 17.7 Å². The van der Waals surface area contributed by atoms with Crippen molar-refractivity contribution in [2.24, 2.45) is 5.92 Å². The molecule has 5 saturated heterocycles. The Hall–Kier alpha value is -7.34. The second-order valence-corrected chi connectivity index (χ2v) is 29.0. The molecule has 7 aliphatic rings. The van der Waals surface area contributed by atoms with E-state index in [0.717, 1.165) is 57.8 Å². The lowest BCUT2D eigenvalue weighted by molar-refractivity contribution is -0.151. The van der Waals surface area contributed by atoms with Crippen LogP contribution in [0.4, 0.5) is 28.4 Å². The first-order valence-electron chi connectivity index (χ1n) is 29.4. The largest absolute Gasteiger partial charge is 0.497 e. The van der Waals surface area contributed by atoms with Gasteiger partial charge < -0.3 is 44.8 Å². The summed E-state index contributed by atoms with van der Waals surface area (Å²) in [7, 11) is -1.08. The Balaban J connectivity index is 0.913. The summed E-state index contributed by atoms with van der Waals surface area (Å²) in [4.78, 5) is 74.1. The third kappa shape index (κ3) is 8.65. The number of hydrogen-bond acceptors (Lipinski definition) is 11. The maximum Gasteiger partial charge on any atom is 0.264 e. The molecule has 3 spiro atoms. The second-order valence-electron chi connectivity index (χ2n) is 24.3. The standard InChI is InChI=1S/C66H74N8O7Si/c1-45-60(82(3,4)55-25-23-54(80-2)24-26-55)58(39-59(76)69-41-48-16-12-11-15-47(48)37-53(69)42-75)81-66(45)56-38-52(72-44-74(50-19-9-6-10-20-50)65(62(72)78)30-34-68-35-31-65)22-27-57(56)70(63(66)79)40-46-14-13-21-51(36-46)71-43-73(49-17-7-5-8-18-49)64(61(71)77)28-32-67-33-29-64/h5-27,36,38,45,53,58,60,67-68,75H,28-35,37,39-44H2,1-4H3/t45-,53-,58+,60-,66+/m0/s1. The Labute approximate surface area is 481 Å². The fourth-order valence-electron chi connectivity index (χ4n) is 15.5. The van der Waals surface area contributed by atoms with Crippen molar-refractivity contribution in [3.8, 4) is 5.75 Å². The van der Waals surface area contributed by atoms with E-state index < -0.39 is 42.8 Å². The number of piperidine rings is 2. The minimum Gasteiger partial charge on any atom is -0.497 e. The Kier molecular flexibility index (Phi) is 13.9. The number of carbonyl (C=O) groups excluding carboxylic acids is 4. The number of aliphatic hydroxyl groups excluding tert-OH is 1. The minimum atomic E-state index is -2.74. The predicted molar refractivity (Wildman–Crippen MR) is 322 cm³/mol. The van der Waals surface area contributed by atoms with Crippen LogP contribution in [0.25, 0.3) is 0 Å². The topological polar surface area (TPSA) is 150 Å². The van der Waals surface area contributed by atoms with Crippen molar-refractivity contribution in [3.05, 3.63) is 174 Å². The van der Waals surface area contributed by atoms with Crippen LogP contribution >= 0.6 is 0 Å². The second kappa shape index (κ2) is 21.1. The number of fused-ring (bicyclic) bond motifs is 3. The van der Waals surface area contributed by atoms with E-state index in [9.17, 15) is 9.90 Å². The van der Waals surface area contributed by atoms with Crippen LogP contribution in [-0.2, 0) is 49.0 Å². The average Bonchev–Trinajstić information content (AvgIpc) is 2.55. The van der Waals surface area contributed by atoms with Crippen LogP contribution in [0.2, 0.25) is 18.6 Å². The molecule has 0 bridgehead atoms. The molecule has 5 atom stereocenters. The Morgan fingerprint density at radius 2 is 1.23 bits per heavy atom. The smallest absolute Gasteiger partial charge is 0.264 e. The van der Waals surface area contributed by atoms with Crippen molar-refractivity contribution in [1.82, 2.24) is 15.5 Å². The summed E-state index contributed by atoms with van der Waals surface area (Å²) >= 11 is 0. The molecule has 7 aliphatic heterocycles. The summed E-state index contributed by atoms with van der Waals surface area (Å²) in [6.07, 6.45) is 2.49. The normalized spacial score (nSPS) is 24.8. The van der Waals surface area contributed by atoms with Gasteiger partial charge in [-0.15, -0.1) is 0 Å². The van der Waals surface area contributed by atoms with Crippen molar-refractivity contribution in [2.45, 2.75) is 106 Å². The summed E-state index contributed by atoms with van der Waals surface area (Å²) in [5.41, 5.74) is 4.49. The molecule has 6 aromatic carbocycles. The SMILES string of the molecule is COc1ccc([Si](C)(C)[C@@H]2[C@@H](CC(=O)N3Cc4ccccc4C[C@H]3CO)O[C@]3(C(=O)N(Cc4cccc(N5CN(c6ccccc6)C6(CCNCC6)C5=O)c4)c4ccc(N5CN(c6ccccc6)C6(CCNCC6)C5=O)cc43)[C@H]2C)cc1. The van der Waals surface area contributed by atoms with E-state index in [1.165, 1.54) is 0 Å². The molecule has 13 rings (SSSR count). The number of anilines is 5. The van der Waals surface area contributed by atoms with Crippen LogP contribution in [-0.4, -0.2) is 118 Å². The van der Waals surface area contributed by atoms with Gasteiger partial charge >= 0.3 is 0 Å². The maximum absolute atomic E-state index is 16.5. The van der Waals surface area contributed by atoms with Crippen molar-refractivity contribution >= 4 is 65.3 Å². The van der Waals surface area contributed by atoms with E-state index >= 15 is 14.4 Å². The fraction of sp³-hybridized carbons (Fsp3) is 0.394. The van der Waals surface area contributed by atoms with Gasteiger partial charge in [-0.2, -0.15) is 0 Å². The number of para-hydroxylation sites is 2. The molecule has 82 heavy (non-hydrogen) atoms. The van der Waals surface area contributed by atoms with Crippen molar-refractivity contribution in [2.75, 3.05) is 77.7 Å². The lowest BCUT2D eigenvalue weighted by Crippen LogP contribution is -2.55. The first kappa shape index (κ1) is 53.9. The van der Waals surface area contributed by atoms with Gasteiger partial charge in [-0.25, -0.2) is 0 Å². The quantitative estimate of drug-likeness (QED) is 0.104. The van der Waals surface area contributed by atoms with Gasteiger partial charge in [0.2, 0.25) is 5.91 Å². The molecule has 4 amide bonds. The number of amides is 4. The van der Waals surface area contributed by atoms with Crippen molar-refractivity contribution in [1.29, 1.82) is 0 Å². The highest BCUT2D eigenvalue weighted by molar-refractivity contribution is 6.91. The van der Waals surface area contributed by atoms with E-state index in [0.29, 0.717) is 82.0 Å². The van der Waals surface area contributed by atoms with Gasteiger partial charge in [0.15, 0.2) is 5.60 Å². The lowest BCUT2D eigenvalue weighted by atomic mass is 9.82. The Bertz CT molecular complexity index is 3410. The Morgan fingerprint density at radius 3 is 1.82 bits per heavy atom. The van der Waals surface area contributed by atoms with E-state index in [1.54, 1.807) is 7.11 Å². The number of carbonyl (C=O) groups is 4. The highest BCUT2D eigenvalue weighted by Crippen LogP contribution is 2.61. The average molecular weight is 1120 g/mol. The van der Waals surface area contributed by atoms with Gasteiger partial charge in [0.05, 0.1) is 65.9 Å². The van der Waals surface area contributed by atoms with Crippen LogP contribution in [0, 0.1) is 5.92 Å². The first-order chi connectivity index (χ1) is 39.8. The number of ether oxygens (including phenoxy) is 2. The molecule has 7 heterocycles. The molecule has 0 radical (unpaired) electrons. The van der Waals surface area contributed by atoms with E-state index in [-0.39, 0.29) is 48.7 Å². The van der Waals surface area contributed by atoms with Gasteiger partial charge in [-0.3, -0.25) is 29.0 Å². The molecule has 15 nitrogen and oxygen atoms in total. The predicted octanol–water partition coefficient (Wildman–Crippen LogP) is 7.66. The van der Waals surface area contributed by atoms with Crippen LogP contribution < -0.4 is 45.1 Å². The number of hydrogen-bond donors (Lipinski definition) is 3. The minimum absolute atomic E-state index is 0.000968. The number of nitrogens with one attached hydrogen (secondary N) is 2. The Morgan fingerprint density at radius 1 is 0.671 bits per heavy atom. The van der Waals surface area contributed by atoms with Gasteiger partial charge in [-0.1, -0.05) is 110 Å². The molecule has 424 valence electrons. The fourth-order valence-corrected chi connectivity index (χ4v) is 19.5. The van der Waals surface area contributed by atoms with E-state index in [2.05, 4.69) is 89.0 Å². The van der Waals surface area contributed by atoms with Gasteiger partial charge in [0, 0.05) is 40.8 Å². The molecule has 6 aromatic rings.